The van der Waals surface area contributed by atoms with Gasteiger partial charge in [-0.15, -0.1) is 11.3 Å². The molecule has 0 saturated carbocycles. The Morgan fingerprint density at radius 1 is 1.29 bits per heavy atom. The van der Waals surface area contributed by atoms with Gasteiger partial charge in [0.15, 0.2) is 0 Å². The number of rotatable bonds is 5. The summed E-state index contributed by atoms with van der Waals surface area (Å²) < 4.78 is 11.5. The van der Waals surface area contributed by atoms with Crippen molar-refractivity contribution in [1.29, 1.82) is 0 Å². The lowest BCUT2D eigenvalue weighted by Crippen LogP contribution is -2.10. The number of carbonyl (C=O) groups is 1. The van der Waals surface area contributed by atoms with Crippen molar-refractivity contribution in [3.8, 4) is 17.2 Å². The van der Waals surface area contributed by atoms with Gasteiger partial charge < -0.3 is 20.9 Å². The Balaban J connectivity index is 2.03. The van der Waals surface area contributed by atoms with Crippen LogP contribution in [0, 0.1) is 6.92 Å². The van der Waals surface area contributed by atoms with Gasteiger partial charge in [0.2, 0.25) is 0 Å². The lowest BCUT2D eigenvalue weighted by Gasteiger charge is -2.11. The molecule has 7 heteroatoms. The van der Waals surface area contributed by atoms with E-state index in [1.54, 1.807) is 12.3 Å². The summed E-state index contributed by atoms with van der Waals surface area (Å²) in [7, 11) is 0. The number of nitrogen functional groups attached to an aromatic ring is 1. The molecule has 0 atom stereocenters. The minimum Gasteiger partial charge on any atom is -0.494 e. The first-order chi connectivity index (χ1) is 11.5. The lowest BCUT2D eigenvalue weighted by molar-refractivity contribution is 0.100. The Bertz CT molecular complexity index is 921. The monoisotopic (exact) mass is 343 g/mol. The third-order valence-electron chi connectivity index (χ3n) is 3.49. The Labute approximate surface area is 143 Å². The fourth-order valence-electron chi connectivity index (χ4n) is 2.40. The molecule has 3 aromatic rings. The molecule has 0 spiro atoms. The average molecular weight is 343 g/mol. The summed E-state index contributed by atoms with van der Waals surface area (Å²) in [6.45, 7) is 4.47. The largest absolute Gasteiger partial charge is 0.494 e. The number of pyridine rings is 1. The molecule has 0 radical (unpaired) electrons. The van der Waals surface area contributed by atoms with E-state index in [9.17, 15) is 4.79 Å². The smallest absolute Gasteiger partial charge is 0.260 e. The third-order valence-corrected chi connectivity index (χ3v) is 4.62. The molecule has 0 fully saturated rings. The van der Waals surface area contributed by atoms with Crippen LogP contribution in [0.25, 0.3) is 10.2 Å². The minimum atomic E-state index is -0.571. The van der Waals surface area contributed by atoms with Crippen LogP contribution in [0.1, 0.15) is 22.2 Å². The van der Waals surface area contributed by atoms with E-state index in [-0.39, 0.29) is 4.88 Å². The van der Waals surface area contributed by atoms with Gasteiger partial charge in [0.1, 0.15) is 27.0 Å². The van der Waals surface area contributed by atoms with Crippen LogP contribution in [0.2, 0.25) is 0 Å². The number of amides is 1. The molecule has 24 heavy (non-hydrogen) atoms. The van der Waals surface area contributed by atoms with Crippen LogP contribution < -0.4 is 20.9 Å². The molecule has 2 aromatic heterocycles. The summed E-state index contributed by atoms with van der Waals surface area (Å²) in [6.07, 6.45) is 1.61. The molecule has 0 aliphatic heterocycles. The van der Waals surface area contributed by atoms with Crippen molar-refractivity contribution in [1.82, 2.24) is 4.98 Å². The summed E-state index contributed by atoms with van der Waals surface area (Å²) in [5.41, 5.74) is 12.7. The highest BCUT2D eigenvalue weighted by atomic mass is 32.1. The van der Waals surface area contributed by atoms with Crippen molar-refractivity contribution < 1.29 is 14.3 Å². The first-order valence-electron chi connectivity index (χ1n) is 7.39. The van der Waals surface area contributed by atoms with E-state index < -0.39 is 5.91 Å². The van der Waals surface area contributed by atoms with Gasteiger partial charge >= 0.3 is 0 Å². The number of aryl methyl sites for hydroxylation is 1. The second-order valence-corrected chi connectivity index (χ2v) is 6.16. The van der Waals surface area contributed by atoms with Crippen LogP contribution in [0.15, 0.2) is 30.5 Å². The number of nitrogens with two attached hydrogens (primary N) is 2. The zero-order valence-corrected chi connectivity index (χ0v) is 14.1. The normalized spacial score (nSPS) is 10.8. The zero-order chi connectivity index (χ0) is 17.3. The average Bonchev–Trinajstić information content (AvgIpc) is 2.89. The number of carbonyl (C=O) groups excluding carboxylic acids is 1. The molecule has 0 aliphatic rings. The molecule has 1 aromatic carbocycles. The second-order valence-electron chi connectivity index (χ2n) is 5.16. The zero-order valence-electron chi connectivity index (χ0n) is 13.3. The third kappa shape index (κ3) is 2.85. The number of hydrogen-bond acceptors (Lipinski definition) is 6. The Kier molecular flexibility index (Phi) is 4.26. The van der Waals surface area contributed by atoms with Crippen LogP contribution >= 0.6 is 11.3 Å². The Morgan fingerprint density at radius 3 is 2.75 bits per heavy atom. The first-order valence-corrected chi connectivity index (χ1v) is 8.21. The van der Waals surface area contributed by atoms with Crippen molar-refractivity contribution in [3.05, 3.63) is 40.9 Å². The fourth-order valence-corrected chi connectivity index (χ4v) is 3.33. The van der Waals surface area contributed by atoms with Crippen molar-refractivity contribution in [2.45, 2.75) is 13.8 Å². The minimum absolute atomic E-state index is 0.289. The molecule has 3 rings (SSSR count). The number of thiophene rings is 1. The Morgan fingerprint density at radius 2 is 2.08 bits per heavy atom. The van der Waals surface area contributed by atoms with Crippen LogP contribution in [0.3, 0.4) is 0 Å². The van der Waals surface area contributed by atoms with E-state index in [4.69, 9.17) is 20.9 Å². The van der Waals surface area contributed by atoms with Crippen LogP contribution in [-0.4, -0.2) is 17.5 Å². The maximum absolute atomic E-state index is 11.5. The van der Waals surface area contributed by atoms with Gasteiger partial charge in [-0.2, -0.15) is 0 Å². The molecule has 1 amide bonds. The molecule has 2 heterocycles. The molecule has 4 N–H and O–H groups in total. The quantitative estimate of drug-likeness (QED) is 0.738. The summed E-state index contributed by atoms with van der Waals surface area (Å²) >= 11 is 1.16. The number of aromatic nitrogens is 1. The van der Waals surface area contributed by atoms with Crippen LogP contribution in [0.4, 0.5) is 5.69 Å². The van der Waals surface area contributed by atoms with Crippen molar-refractivity contribution in [2.75, 3.05) is 12.3 Å². The number of hydrogen-bond donors (Lipinski definition) is 2. The van der Waals surface area contributed by atoms with E-state index in [1.807, 2.05) is 32.0 Å². The molecule has 6 nitrogen and oxygen atoms in total. The van der Waals surface area contributed by atoms with Gasteiger partial charge in [-0.25, -0.2) is 4.98 Å². The van der Waals surface area contributed by atoms with E-state index in [1.165, 1.54) is 0 Å². The highest BCUT2D eigenvalue weighted by Crippen LogP contribution is 2.40. The predicted molar refractivity (Wildman–Crippen MR) is 95.0 cm³/mol. The SMILES string of the molecule is CCOc1ccc(Oc2ccnc3sc(C(N)=O)c(N)c23)c(C)c1. The number of ether oxygens (including phenoxy) is 2. The first kappa shape index (κ1) is 16.1. The highest BCUT2D eigenvalue weighted by Gasteiger charge is 2.19. The standard InChI is InChI=1S/C17H17N3O3S/c1-3-22-10-4-5-11(9(2)8-10)23-12-6-7-20-17-13(12)14(18)15(24-17)16(19)21/h4-8H,3,18H2,1-2H3,(H2,19,21). The van der Waals surface area contributed by atoms with E-state index in [2.05, 4.69) is 4.98 Å². The maximum Gasteiger partial charge on any atom is 0.260 e. The van der Waals surface area contributed by atoms with Gasteiger partial charge in [0.25, 0.3) is 5.91 Å². The summed E-state index contributed by atoms with van der Waals surface area (Å²) in [6, 6.07) is 7.30. The van der Waals surface area contributed by atoms with Crippen molar-refractivity contribution in [3.63, 3.8) is 0 Å². The summed E-state index contributed by atoms with van der Waals surface area (Å²) in [4.78, 5) is 16.6. The van der Waals surface area contributed by atoms with Gasteiger partial charge in [-0.05, 0) is 43.7 Å². The van der Waals surface area contributed by atoms with Gasteiger partial charge in [-0.3, -0.25) is 4.79 Å². The molecular weight excluding hydrogens is 326 g/mol. The number of fused-ring (bicyclic) bond motifs is 1. The van der Waals surface area contributed by atoms with E-state index in [0.717, 1.165) is 22.6 Å². The molecule has 0 bridgehead atoms. The summed E-state index contributed by atoms with van der Waals surface area (Å²) in [5.74, 6) is 1.43. The number of anilines is 1. The highest BCUT2D eigenvalue weighted by molar-refractivity contribution is 7.21. The molecule has 0 saturated heterocycles. The molecule has 0 aliphatic carbocycles. The number of primary amides is 1. The van der Waals surface area contributed by atoms with Gasteiger partial charge in [0, 0.05) is 6.20 Å². The topological polar surface area (TPSA) is 100 Å². The predicted octanol–water partition coefficient (Wildman–Crippen LogP) is 3.48. The van der Waals surface area contributed by atoms with Gasteiger partial charge in [-0.1, -0.05) is 0 Å². The Hall–Kier alpha value is -2.80. The van der Waals surface area contributed by atoms with Crippen molar-refractivity contribution in [2.24, 2.45) is 5.73 Å². The molecule has 0 unspecified atom stereocenters. The number of nitrogens with zero attached hydrogens (tertiary/aromatic N) is 1. The van der Waals surface area contributed by atoms with Crippen molar-refractivity contribution >= 4 is 33.1 Å². The van der Waals surface area contributed by atoms with Crippen LogP contribution in [-0.2, 0) is 0 Å². The van der Waals surface area contributed by atoms with Gasteiger partial charge in [0.05, 0.1) is 17.7 Å². The maximum atomic E-state index is 11.5. The second kappa shape index (κ2) is 6.37. The molecule has 124 valence electrons. The van der Waals surface area contributed by atoms with E-state index in [0.29, 0.717) is 34.0 Å². The van der Waals surface area contributed by atoms with Crippen LogP contribution in [0.5, 0.6) is 17.2 Å². The fraction of sp³-hybridized carbons (Fsp3) is 0.176. The lowest BCUT2D eigenvalue weighted by atomic mass is 10.2. The molecular formula is C17H17N3O3S. The number of benzene rings is 1. The van der Waals surface area contributed by atoms with E-state index >= 15 is 0 Å². The summed E-state index contributed by atoms with van der Waals surface area (Å²) in [5, 5.41) is 0.601.